The van der Waals surface area contributed by atoms with Crippen LogP contribution in [0.25, 0.3) is 0 Å². The Morgan fingerprint density at radius 3 is 2.05 bits per heavy atom. The molecule has 2 aliphatic rings. The highest BCUT2D eigenvalue weighted by Gasteiger charge is 2.62. The normalized spacial score (nSPS) is 27.6. The van der Waals surface area contributed by atoms with E-state index >= 15 is 0 Å². The van der Waals surface area contributed by atoms with Gasteiger partial charge in [-0.25, -0.2) is 4.39 Å². The summed E-state index contributed by atoms with van der Waals surface area (Å²) in [5, 5.41) is 0. The Hall–Kier alpha value is -1.39. The van der Waals surface area contributed by atoms with Gasteiger partial charge in [0.05, 0.1) is 13.2 Å². The van der Waals surface area contributed by atoms with Crippen LogP contribution >= 0.6 is 0 Å². The topological polar surface area (TPSA) is 52.6 Å². The van der Waals surface area contributed by atoms with Crippen LogP contribution in [0.4, 0.5) is 4.39 Å². The third-order valence-corrected chi connectivity index (χ3v) is 4.21. The minimum atomic E-state index is -1.32. The van der Waals surface area contributed by atoms with Crippen molar-refractivity contribution in [2.24, 2.45) is 17.3 Å². The number of allylic oxidation sites excluding steroid dienone is 2. The summed E-state index contributed by atoms with van der Waals surface area (Å²) >= 11 is 0. The molecule has 0 heterocycles. The third kappa shape index (κ3) is 1.95. The van der Waals surface area contributed by atoms with Gasteiger partial charge in [0.1, 0.15) is 5.83 Å². The molecule has 0 N–H and O–H groups in total. The van der Waals surface area contributed by atoms with Crippen LogP contribution in [0.1, 0.15) is 33.6 Å². The summed E-state index contributed by atoms with van der Waals surface area (Å²) in [6.07, 6.45) is 0.465. The van der Waals surface area contributed by atoms with Crippen molar-refractivity contribution in [2.45, 2.75) is 33.6 Å². The van der Waals surface area contributed by atoms with Crippen LogP contribution < -0.4 is 0 Å². The predicted octanol–water partition coefficient (Wildman–Crippen LogP) is 2.38. The van der Waals surface area contributed by atoms with Gasteiger partial charge in [-0.05, 0) is 45.1 Å². The van der Waals surface area contributed by atoms with E-state index in [1.807, 2.05) is 0 Å². The molecule has 0 bridgehead atoms. The molecule has 19 heavy (non-hydrogen) atoms. The standard InChI is InChI=1S/C14H19FO4/c1-4-18-12(16)14(13(17)19-5-2)6-9-8(3)11(15)10(9)7-14/h9-10H,4-7H2,1-3H3. The molecule has 0 radical (unpaired) electrons. The summed E-state index contributed by atoms with van der Waals surface area (Å²) in [6, 6.07) is 0. The van der Waals surface area contributed by atoms with E-state index in [2.05, 4.69) is 0 Å². The zero-order chi connectivity index (χ0) is 14.2. The van der Waals surface area contributed by atoms with Gasteiger partial charge in [0.15, 0.2) is 5.41 Å². The van der Waals surface area contributed by atoms with Crippen LogP contribution in [-0.4, -0.2) is 25.2 Å². The van der Waals surface area contributed by atoms with Crippen LogP contribution in [0.2, 0.25) is 0 Å². The van der Waals surface area contributed by atoms with Gasteiger partial charge in [-0.2, -0.15) is 0 Å². The Kier molecular flexibility index (Phi) is 3.65. The molecule has 0 aromatic heterocycles. The molecule has 2 rings (SSSR count). The van der Waals surface area contributed by atoms with E-state index in [4.69, 9.17) is 9.47 Å². The summed E-state index contributed by atoms with van der Waals surface area (Å²) < 4.78 is 23.7. The van der Waals surface area contributed by atoms with E-state index in [-0.39, 0.29) is 37.3 Å². The maximum absolute atomic E-state index is 13.7. The largest absolute Gasteiger partial charge is 0.465 e. The molecule has 2 aliphatic carbocycles. The number of esters is 2. The van der Waals surface area contributed by atoms with Crippen molar-refractivity contribution in [3.63, 3.8) is 0 Å². The first-order valence-corrected chi connectivity index (χ1v) is 6.68. The molecule has 2 atom stereocenters. The van der Waals surface area contributed by atoms with E-state index in [0.717, 1.165) is 0 Å². The van der Waals surface area contributed by atoms with E-state index in [0.29, 0.717) is 12.0 Å². The molecule has 0 aliphatic heterocycles. The van der Waals surface area contributed by atoms with E-state index in [1.165, 1.54) is 0 Å². The lowest BCUT2D eigenvalue weighted by atomic mass is 9.77. The maximum Gasteiger partial charge on any atom is 0.323 e. The fourth-order valence-electron chi connectivity index (χ4n) is 3.17. The Labute approximate surface area is 111 Å². The molecular formula is C14H19FO4. The molecule has 0 amide bonds. The van der Waals surface area contributed by atoms with Gasteiger partial charge in [-0.15, -0.1) is 0 Å². The summed E-state index contributed by atoms with van der Waals surface area (Å²) in [5.41, 5.74) is -0.670. The average Bonchev–Trinajstić information content (AvgIpc) is 2.77. The summed E-state index contributed by atoms with van der Waals surface area (Å²) in [4.78, 5) is 24.3. The number of carbonyl (C=O) groups is 2. The Morgan fingerprint density at radius 2 is 1.63 bits per heavy atom. The van der Waals surface area contributed by atoms with Crippen LogP contribution in [0.15, 0.2) is 11.4 Å². The van der Waals surface area contributed by atoms with Gasteiger partial charge in [-0.1, -0.05) is 0 Å². The van der Waals surface area contributed by atoms with Crippen molar-refractivity contribution in [1.29, 1.82) is 0 Å². The summed E-state index contributed by atoms with van der Waals surface area (Å²) in [5.74, 6) is -1.70. The number of carbonyl (C=O) groups excluding carboxylic acids is 2. The first-order valence-electron chi connectivity index (χ1n) is 6.68. The summed E-state index contributed by atoms with van der Waals surface area (Å²) in [6.45, 7) is 5.48. The molecule has 1 saturated carbocycles. The highest BCUT2D eigenvalue weighted by Crippen LogP contribution is 2.59. The molecule has 0 aromatic rings. The van der Waals surface area contributed by atoms with Gasteiger partial charge in [0.25, 0.3) is 0 Å². The van der Waals surface area contributed by atoms with E-state index in [1.54, 1.807) is 20.8 Å². The number of halogens is 1. The second-order valence-corrected chi connectivity index (χ2v) is 5.18. The van der Waals surface area contributed by atoms with Gasteiger partial charge < -0.3 is 9.47 Å². The molecule has 106 valence electrons. The number of ether oxygens (including phenoxy) is 2. The van der Waals surface area contributed by atoms with Gasteiger partial charge in [0.2, 0.25) is 0 Å². The number of fused-ring (bicyclic) bond motifs is 1. The zero-order valence-electron chi connectivity index (χ0n) is 11.5. The Bertz CT molecular complexity index is 401. The van der Waals surface area contributed by atoms with Crippen molar-refractivity contribution in [3.8, 4) is 0 Å². The fraction of sp³-hybridized carbons (Fsp3) is 0.714. The second kappa shape index (κ2) is 4.94. The molecule has 5 heteroatoms. The summed E-state index contributed by atoms with van der Waals surface area (Å²) in [7, 11) is 0. The number of hydrogen-bond acceptors (Lipinski definition) is 4. The molecule has 4 nitrogen and oxygen atoms in total. The molecule has 1 fully saturated rings. The monoisotopic (exact) mass is 270 g/mol. The second-order valence-electron chi connectivity index (χ2n) is 5.18. The van der Waals surface area contributed by atoms with Gasteiger partial charge in [-0.3, -0.25) is 9.59 Å². The lowest BCUT2D eigenvalue weighted by Gasteiger charge is -2.29. The van der Waals surface area contributed by atoms with Crippen LogP contribution in [-0.2, 0) is 19.1 Å². The zero-order valence-corrected chi connectivity index (χ0v) is 11.5. The van der Waals surface area contributed by atoms with Crippen molar-refractivity contribution in [1.82, 2.24) is 0 Å². The SMILES string of the molecule is CCOC(=O)C1(C(=O)OCC)CC2C(C)=C(F)C2C1. The quantitative estimate of drug-likeness (QED) is 0.581. The number of hydrogen-bond donors (Lipinski definition) is 0. The molecule has 0 aromatic carbocycles. The molecule has 0 spiro atoms. The highest BCUT2D eigenvalue weighted by molar-refractivity contribution is 6.00. The van der Waals surface area contributed by atoms with Crippen LogP contribution in [0.5, 0.6) is 0 Å². The van der Waals surface area contributed by atoms with Gasteiger partial charge in [0, 0.05) is 5.92 Å². The smallest absolute Gasteiger partial charge is 0.323 e. The minimum Gasteiger partial charge on any atom is -0.465 e. The average molecular weight is 270 g/mol. The van der Waals surface area contributed by atoms with Crippen molar-refractivity contribution >= 4 is 11.9 Å². The maximum atomic E-state index is 13.7. The van der Waals surface area contributed by atoms with Gasteiger partial charge >= 0.3 is 11.9 Å². The van der Waals surface area contributed by atoms with E-state index < -0.39 is 17.4 Å². The van der Waals surface area contributed by atoms with Crippen LogP contribution in [0, 0.1) is 17.3 Å². The van der Waals surface area contributed by atoms with Crippen molar-refractivity contribution < 1.29 is 23.5 Å². The molecule has 2 unspecified atom stereocenters. The first-order chi connectivity index (χ1) is 8.97. The predicted molar refractivity (Wildman–Crippen MR) is 65.7 cm³/mol. The molecule has 0 saturated heterocycles. The van der Waals surface area contributed by atoms with E-state index in [9.17, 15) is 14.0 Å². The first kappa shape index (κ1) is 14.0. The highest BCUT2D eigenvalue weighted by atomic mass is 19.1. The van der Waals surface area contributed by atoms with Crippen LogP contribution in [0.3, 0.4) is 0 Å². The fourth-order valence-corrected chi connectivity index (χ4v) is 3.17. The minimum absolute atomic E-state index is 0.0335. The lowest BCUT2D eigenvalue weighted by Crippen LogP contribution is -2.40. The number of rotatable bonds is 4. The van der Waals surface area contributed by atoms with Crippen molar-refractivity contribution in [2.75, 3.05) is 13.2 Å². The Morgan fingerprint density at radius 1 is 1.16 bits per heavy atom. The Balaban J connectivity index is 2.24. The lowest BCUT2D eigenvalue weighted by molar-refractivity contribution is -0.171. The van der Waals surface area contributed by atoms with Crippen molar-refractivity contribution in [3.05, 3.63) is 11.4 Å². The molecular weight excluding hydrogens is 251 g/mol. The third-order valence-electron chi connectivity index (χ3n) is 4.21.